The van der Waals surface area contributed by atoms with Crippen molar-refractivity contribution in [1.82, 2.24) is 0 Å². The van der Waals surface area contributed by atoms with Crippen LogP contribution < -0.4 is 5.32 Å². The zero-order valence-electron chi connectivity index (χ0n) is 9.70. The molecule has 1 aromatic rings. The molecule has 0 heterocycles. The second kappa shape index (κ2) is 6.07. The maximum atomic E-state index is 11.5. The fourth-order valence-corrected chi connectivity index (χ4v) is 1.37. The van der Waals surface area contributed by atoms with E-state index in [2.05, 4.69) is 5.32 Å². The molecule has 0 spiro atoms. The minimum Gasteiger partial charge on any atom is -0.322 e. The summed E-state index contributed by atoms with van der Waals surface area (Å²) < 4.78 is 0. The molecule has 0 aliphatic carbocycles. The van der Waals surface area contributed by atoms with E-state index in [1.165, 1.54) is 6.08 Å². The van der Waals surface area contributed by atoms with Crippen LogP contribution in [0.15, 0.2) is 30.4 Å². The van der Waals surface area contributed by atoms with E-state index in [1.54, 1.807) is 24.3 Å². The number of benzene rings is 1. The third kappa shape index (κ3) is 4.29. The molecule has 1 rings (SSSR count). The smallest absolute Gasteiger partial charge is 0.248 e. The molecule has 0 unspecified atom stereocenters. The number of hydrogen-bond acceptors (Lipinski definition) is 2. The molecule has 1 aromatic carbocycles. The van der Waals surface area contributed by atoms with Crippen LogP contribution in [0.25, 0.3) is 0 Å². The Hall–Kier alpha value is -1.79. The Kier molecular flexibility index (Phi) is 4.74. The highest BCUT2D eigenvalue weighted by Gasteiger charge is 2.02. The number of halogens is 1. The van der Waals surface area contributed by atoms with Gasteiger partial charge < -0.3 is 5.32 Å². The second-order valence-electron chi connectivity index (χ2n) is 3.90. The van der Waals surface area contributed by atoms with Crippen LogP contribution in [0.4, 0.5) is 5.69 Å². The van der Waals surface area contributed by atoms with Crippen LogP contribution >= 0.6 is 11.6 Å². The average molecular weight is 249 g/mol. The summed E-state index contributed by atoms with van der Waals surface area (Å²) >= 11 is 5.85. The zero-order chi connectivity index (χ0) is 12.8. The Morgan fingerprint density at radius 1 is 1.53 bits per heavy atom. The molecular formula is C13H13ClN2O. The molecule has 0 bridgehead atoms. The van der Waals surface area contributed by atoms with Gasteiger partial charge in [0, 0.05) is 5.69 Å². The molecule has 0 aliphatic rings. The Bertz CT molecular complexity index is 487. The van der Waals surface area contributed by atoms with E-state index >= 15 is 0 Å². The van der Waals surface area contributed by atoms with Gasteiger partial charge in [0.15, 0.2) is 0 Å². The molecule has 1 N–H and O–H groups in total. The fraction of sp³-hybridized carbons (Fsp3) is 0.231. The fourth-order valence-electron chi connectivity index (χ4n) is 1.15. The number of hydrogen-bond donors (Lipinski definition) is 1. The molecule has 1 amide bonds. The monoisotopic (exact) mass is 248 g/mol. The minimum atomic E-state index is -0.209. The normalized spacial score (nSPS) is 10.5. The molecule has 0 saturated heterocycles. The van der Waals surface area contributed by atoms with E-state index in [0.29, 0.717) is 22.2 Å². The maximum Gasteiger partial charge on any atom is 0.248 e. The van der Waals surface area contributed by atoms with Gasteiger partial charge in [0.25, 0.3) is 0 Å². The highest BCUT2D eigenvalue weighted by atomic mass is 35.5. The Balaban J connectivity index is 2.73. The molecule has 0 atom stereocenters. The summed E-state index contributed by atoms with van der Waals surface area (Å²) in [5.74, 6) is 0.116. The molecule has 0 aliphatic heterocycles. The summed E-state index contributed by atoms with van der Waals surface area (Å²) in [6.07, 6.45) is 3.29. The van der Waals surface area contributed by atoms with Gasteiger partial charge in [-0.25, -0.2) is 0 Å². The Morgan fingerprint density at radius 2 is 2.24 bits per heavy atom. The third-order valence-corrected chi connectivity index (χ3v) is 2.30. The number of allylic oxidation sites excluding steroid dienone is 1. The summed E-state index contributed by atoms with van der Waals surface area (Å²) in [4.78, 5) is 11.5. The van der Waals surface area contributed by atoms with Crippen molar-refractivity contribution >= 4 is 23.2 Å². The van der Waals surface area contributed by atoms with Gasteiger partial charge in [-0.1, -0.05) is 31.5 Å². The standard InChI is InChI=1S/C13H13ClN2O/c1-9(2)3-6-13(17)16-11-5-4-10(8-15)12(14)7-11/h3-7,9H,1-2H3,(H,16,17)/b6-3+. The molecule has 0 radical (unpaired) electrons. The van der Waals surface area contributed by atoms with Gasteiger partial charge in [-0.05, 0) is 30.2 Å². The molecule has 0 aromatic heterocycles. The molecule has 0 fully saturated rings. The first-order valence-electron chi connectivity index (χ1n) is 5.21. The first-order chi connectivity index (χ1) is 8.02. The number of rotatable bonds is 3. The van der Waals surface area contributed by atoms with Crippen LogP contribution in [0.5, 0.6) is 0 Å². The summed E-state index contributed by atoms with van der Waals surface area (Å²) in [5.41, 5.74) is 0.967. The quantitative estimate of drug-likeness (QED) is 0.834. The van der Waals surface area contributed by atoms with Gasteiger partial charge in [0.1, 0.15) is 6.07 Å². The highest BCUT2D eigenvalue weighted by Crippen LogP contribution is 2.20. The van der Waals surface area contributed by atoms with Crippen molar-refractivity contribution in [3.05, 3.63) is 40.9 Å². The van der Waals surface area contributed by atoms with Crippen molar-refractivity contribution in [2.75, 3.05) is 5.32 Å². The lowest BCUT2D eigenvalue weighted by atomic mass is 10.2. The first-order valence-corrected chi connectivity index (χ1v) is 5.59. The summed E-state index contributed by atoms with van der Waals surface area (Å²) in [6, 6.07) is 6.73. The molecule has 88 valence electrons. The number of carbonyl (C=O) groups excluding carboxylic acids is 1. The first kappa shape index (κ1) is 13.3. The van der Waals surface area contributed by atoms with E-state index in [9.17, 15) is 4.79 Å². The van der Waals surface area contributed by atoms with Crippen molar-refractivity contribution < 1.29 is 4.79 Å². The van der Waals surface area contributed by atoms with Gasteiger partial charge in [-0.3, -0.25) is 4.79 Å². The number of nitrogens with zero attached hydrogens (tertiary/aromatic N) is 1. The molecule has 17 heavy (non-hydrogen) atoms. The van der Waals surface area contributed by atoms with Crippen LogP contribution in [0.1, 0.15) is 19.4 Å². The van der Waals surface area contributed by atoms with Gasteiger partial charge in [0.05, 0.1) is 10.6 Å². The van der Waals surface area contributed by atoms with Crippen molar-refractivity contribution in [2.45, 2.75) is 13.8 Å². The molecule has 4 heteroatoms. The van der Waals surface area contributed by atoms with Crippen LogP contribution in [0.3, 0.4) is 0 Å². The maximum absolute atomic E-state index is 11.5. The Morgan fingerprint density at radius 3 is 2.76 bits per heavy atom. The number of carbonyl (C=O) groups is 1. The number of amides is 1. The number of nitriles is 1. The minimum absolute atomic E-state index is 0.209. The summed E-state index contributed by atoms with van der Waals surface area (Å²) in [7, 11) is 0. The predicted octanol–water partition coefficient (Wildman–Crippen LogP) is 3.36. The molecule has 3 nitrogen and oxygen atoms in total. The summed E-state index contributed by atoms with van der Waals surface area (Å²) in [5, 5.41) is 11.7. The lowest BCUT2D eigenvalue weighted by Gasteiger charge is -2.03. The third-order valence-electron chi connectivity index (χ3n) is 1.99. The van der Waals surface area contributed by atoms with Crippen LogP contribution in [-0.2, 0) is 4.79 Å². The lowest BCUT2D eigenvalue weighted by molar-refractivity contribution is -0.111. The van der Waals surface area contributed by atoms with Crippen LogP contribution in [-0.4, -0.2) is 5.91 Å². The predicted molar refractivity (Wildman–Crippen MR) is 68.8 cm³/mol. The summed E-state index contributed by atoms with van der Waals surface area (Å²) in [6.45, 7) is 3.98. The van der Waals surface area contributed by atoms with Crippen LogP contribution in [0, 0.1) is 17.2 Å². The van der Waals surface area contributed by atoms with E-state index in [4.69, 9.17) is 16.9 Å². The van der Waals surface area contributed by atoms with E-state index < -0.39 is 0 Å². The van der Waals surface area contributed by atoms with Gasteiger partial charge >= 0.3 is 0 Å². The lowest BCUT2D eigenvalue weighted by Crippen LogP contribution is -2.08. The van der Waals surface area contributed by atoms with Crippen molar-refractivity contribution in [3.63, 3.8) is 0 Å². The second-order valence-corrected chi connectivity index (χ2v) is 4.31. The van der Waals surface area contributed by atoms with E-state index in [0.717, 1.165) is 0 Å². The largest absolute Gasteiger partial charge is 0.322 e. The molecular weight excluding hydrogens is 236 g/mol. The molecule has 0 saturated carbocycles. The SMILES string of the molecule is CC(C)/C=C/C(=O)Nc1ccc(C#N)c(Cl)c1. The topological polar surface area (TPSA) is 52.9 Å². The number of anilines is 1. The Labute approximate surface area is 106 Å². The van der Waals surface area contributed by atoms with Gasteiger partial charge in [-0.15, -0.1) is 0 Å². The average Bonchev–Trinajstić information content (AvgIpc) is 2.26. The van der Waals surface area contributed by atoms with Gasteiger partial charge in [0.2, 0.25) is 5.91 Å². The van der Waals surface area contributed by atoms with Crippen molar-refractivity contribution in [1.29, 1.82) is 5.26 Å². The highest BCUT2D eigenvalue weighted by molar-refractivity contribution is 6.32. The van der Waals surface area contributed by atoms with Crippen LogP contribution in [0.2, 0.25) is 5.02 Å². The number of nitrogens with one attached hydrogen (secondary N) is 1. The van der Waals surface area contributed by atoms with E-state index in [1.807, 2.05) is 19.9 Å². The van der Waals surface area contributed by atoms with E-state index in [-0.39, 0.29) is 5.91 Å². The van der Waals surface area contributed by atoms with Gasteiger partial charge in [-0.2, -0.15) is 5.26 Å². The van der Waals surface area contributed by atoms with Crippen molar-refractivity contribution in [3.8, 4) is 6.07 Å². The zero-order valence-corrected chi connectivity index (χ0v) is 10.5. The van der Waals surface area contributed by atoms with Crippen molar-refractivity contribution in [2.24, 2.45) is 5.92 Å².